The Labute approximate surface area is 170 Å². The molecule has 29 heavy (non-hydrogen) atoms. The number of nitrogens with zero attached hydrogens (tertiary/aromatic N) is 3. The highest BCUT2D eigenvalue weighted by Crippen LogP contribution is 2.59. The summed E-state index contributed by atoms with van der Waals surface area (Å²) >= 11 is 1.37. The van der Waals surface area contributed by atoms with Crippen LogP contribution in [0.1, 0.15) is 37.3 Å². The highest BCUT2D eigenvalue weighted by atomic mass is 32.2. The third-order valence-electron chi connectivity index (χ3n) is 6.54. The van der Waals surface area contributed by atoms with Gasteiger partial charge in [0.25, 0.3) is 11.8 Å². The van der Waals surface area contributed by atoms with Crippen molar-refractivity contribution in [3.63, 3.8) is 0 Å². The van der Waals surface area contributed by atoms with E-state index in [1.807, 2.05) is 17.4 Å². The number of nitrogens with one attached hydrogen (secondary N) is 1. The standard InChI is InChI=1S/C19H22F4N4OS/c1-26-16-14(25-29-26)5-4-13(24-16)15(11-7-18(11,20)21)10-3-2-6-27(9-10)17(28)12-8-19(12,22)23/h4-5,10-12,15,25H,2-3,6-9H2,1H3. The molecule has 1 aromatic heterocycles. The molecular formula is C19H22F4N4OS. The Balaban J connectivity index is 1.40. The largest absolute Gasteiger partial charge is 0.342 e. The molecule has 1 saturated heterocycles. The summed E-state index contributed by atoms with van der Waals surface area (Å²) in [5.41, 5.74) is 1.43. The number of pyridine rings is 1. The number of fused-ring (bicyclic) bond motifs is 1. The van der Waals surface area contributed by atoms with Gasteiger partial charge < -0.3 is 9.62 Å². The van der Waals surface area contributed by atoms with Crippen LogP contribution in [0.5, 0.6) is 0 Å². The average molecular weight is 430 g/mol. The van der Waals surface area contributed by atoms with Crippen molar-refractivity contribution in [2.75, 3.05) is 29.2 Å². The van der Waals surface area contributed by atoms with Gasteiger partial charge in [-0.05, 0) is 30.9 Å². The smallest absolute Gasteiger partial charge is 0.260 e. The van der Waals surface area contributed by atoms with E-state index in [0.29, 0.717) is 30.9 Å². The second kappa shape index (κ2) is 6.39. The summed E-state index contributed by atoms with van der Waals surface area (Å²) in [4.78, 5) is 18.6. The van der Waals surface area contributed by atoms with Crippen LogP contribution in [-0.2, 0) is 4.79 Å². The van der Waals surface area contributed by atoms with E-state index in [9.17, 15) is 22.4 Å². The third-order valence-corrected chi connectivity index (χ3v) is 7.30. The summed E-state index contributed by atoms with van der Waals surface area (Å²) < 4.78 is 59.9. The predicted molar refractivity (Wildman–Crippen MR) is 102 cm³/mol. The van der Waals surface area contributed by atoms with Gasteiger partial charge in [0.15, 0.2) is 5.82 Å². The quantitative estimate of drug-likeness (QED) is 0.575. The predicted octanol–water partition coefficient (Wildman–Crippen LogP) is 4.14. The van der Waals surface area contributed by atoms with E-state index in [0.717, 1.165) is 5.69 Å². The van der Waals surface area contributed by atoms with Crippen LogP contribution < -0.4 is 9.03 Å². The number of amides is 1. The maximum atomic E-state index is 14.1. The number of likely N-dealkylation sites (tertiary alicyclic amines) is 1. The molecule has 1 amide bonds. The summed E-state index contributed by atoms with van der Waals surface area (Å²) in [6.45, 7) is 0.654. The molecule has 2 saturated carbocycles. The zero-order valence-electron chi connectivity index (χ0n) is 15.9. The van der Waals surface area contributed by atoms with Crippen molar-refractivity contribution in [1.29, 1.82) is 0 Å². The Hall–Kier alpha value is -1.71. The Kier molecular flexibility index (Phi) is 4.25. The minimum atomic E-state index is -2.91. The van der Waals surface area contributed by atoms with Crippen molar-refractivity contribution in [2.24, 2.45) is 17.8 Å². The van der Waals surface area contributed by atoms with E-state index < -0.39 is 41.9 Å². The SMILES string of the molecule is CN1SNc2ccc(C(C3CCCN(C(=O)C4CC4(F)F)C3)C3CC3(F)F)nc21. The van der Waals surface area contributed by atoms with Crippen LogP contribution in [0.4, 0.5) is 29.1 Å². The lowest BCUT2D eigenvalue weighted by atomic mass is 9.79. The first-order chi connectivity index (χ1) is 13.7. The lowest BCUT2D eigenvalue weighted by Crippen LogP contribution is -2.43. The van der Waals surface area contributed by atoms with Gasteiger partial charge >= 0.3 is 0 Å². The normalized spacial score (nSPS) is 32.4. The average Bonchev–Trinajstić information content (AvgIpc) is 3.46. The van der Waals surface area contributed by atoms with Gasteiger partial charge in [0.05, 0.1) is 17.8 Å². The van der Waals surface area contributed by atoms with E-state index in [1.54, 1.807) is 6.07 Å². The maximum Gasteiger partial charge on any atom is 0.260 e. The lowest BCUT2D eigenvalue weighted by molar-refractivity contribution is -0.137. The van der Waals surface area contributed by atoms with Crippen LogP contribution in [-0.4, -0.2) is 47.8 Å². The number of halogens is 4. The van der Waals surface area contributed by atoms with E-state index in [-0.39, 0.29) is 18.9 Å². The number of carbonyl (C=O) groups excluding carboxylic acids is 1. The molecule has 2 aliphatic carbocycles. The molecule has 3 heterocycles. The first-order valence-electron chi connectivity index (χ1n) is 9.89. The van der Waals surface area contributed by atoms with Crippen LogP contribution >= 0.6 is 12.1 Å². The van der Waals surface area contributed by atoms with Crippen LogP contribution in [0.15, 0.2) is 12.1 Å². The van der Waals surface area contributed by atoms with Crippen LogP contribution in [0.3, 0.4) is 0 Å². The lowest BCUT2D eigenvalue weighted by Gasteiger charge is -2.37. The van der Waals surface area contributed by atoms with Gasteiger partial charge in [-0.3, -0.25) is 9.10 Å². The van der Waals surface area contributed by atoms with Crippen molar-refractivity contribution in [3.05, 3.63) is 17.8 Å². The fraction of sp³-hybridized carbons (Fsp3) is 0.684. The molecule has 0 radical (unpaired) electrons. The Morgan fingerprint density at radius 2 is 2.00 bits per heavy atom. The Bertz CT molecular complexity index is 853. The molecule has 4 atom stereocenters. The molecular weight excluding hydrogens is 408 g/mol. The van der Waals surface area contributed by atoms with E-state index in [2.05, 4.69) is 9.71 Å². The van der Waals surface area contributed by atoms with Gasteiger partial charge in [0.2, 0.25) is 5.91 Å². The molecule has 5 rings (SSSR count). The molecule has 1 aromatic rings. The number of aromatic nitrogens is 1. The topological polar surface area (TPSA) is 48.5 Å². The van der Waals surface area contributed by atoms with Gasteiger partial charge in [-0.1, -0.05) is 0 Å². The van der Waals surface area contributed by atoms with Crippen molar-refractivity contribution < 1.29 is 22.4 Å². The molecule has 1 N–H and O–H groups in total. The number of alkyl halides is 4. The monoisotopic (exact) mass is 430 g/mol. The molecule has 4 aliphatic rings. The first kappa shape index (κ1) is 19.3. The first-order valence-corrected chi connectivity index (χ1v) is 10.7. The number of hydrogen-bond donors (Lipinski definition) is 1. The molecule has 0 spiro atoms. The number of carbonyl (C=O) groups is 1. The number of piperidine rings is 1. The zero-order chi connectivity index (χ0) is 20.6. The molecule has 158 valence electrons. The molecule has 10 heteroatoms. The fourth-order valence-electron chi connectivity index (χ4n) is 4.73. The van der Waals surface area contributed by atoms with Gasteiger partial charge in [0.1, 0.15) is 5.92 Å². The molecule has 3 fully saturated rings. The van der Waals surface area contributed by atoms with E-state index >= 15 is 0 Å². The summed E-state index contributed by atoms with van der Waals surface area (Å²) in [5, 5.41) is 0. The van der Waals surface area contributed by atoms with Crippen LogP contribution in [0.2, 0.25) is 0 Å². The van der Waals surface area contributed by atoms with Gasteiger partial charge in [0, 0.05) is 50.5 Å². The van der Waals surface area contributed by atoms with Gasteiger partial charge in [-0.2, -0.15) is 0 Å². The van der Waals surface area contributed by atoms with Crippen molar-refractivity contribution >= 4 is 29.5 Å². The molecule has 4 unspecified atom stereocenters. The zero-order valence-corrected chi connectivity index (χ0v) is 16.7. The number of anilines is 2. The van der Waals surface area contributed by atoms with E-state index in [1.165, 1.54) is 17.0 Å². The minimum Gasteiger partial charge on any atom is -0.342 e. The highest BCUT2D eigenvalue weighted by molar-refractivity contribution is 8.02. The van der Waals surface area contributed by atoms with Gasteiger partial charge in [-0.15, -0.1) is 0 Å². The molecule has 2 aliphatic heterocycles. The maximum absolute atomic E-state index is 14.1. The summed E-state index contributed by atoms with van der Waals surface area (Å²) in [7, 11) is 1.85. The fourth-order valence-corrected chi connectivity index (χ4v) is 5.35. The molecule has 5 nitrogen and oxygen atoms in total. The number of hydrogen-bond acceptors (Lipinski definition) is 5. The third kappa shape index (κ3) is 3.33. The van der Waals surface area contributed by atoms with Crippen LogP contribution in [0, 0.1) is 17.8 Å². The van der Waals surface area contributed by atoms with Crippen LogP contribution in [0.25, 0.3) is 0 Å². The minimum absolute atomic E-state index is 0.190. The summed E-state index contributed by atoms with van der Waals surface area (Å²) in [5.74, 6) is -8.25. The van der Waals surface area contributed by atoms with Crippen molar-refractivity contribution in [1.82, 2.24) is 9.88 Å². The molecule has 0 bridgehead atoms. The van der Waals surface area contributed by atoms with E-state index in [4.69, 9.17) is 0 Å². The van der Waals surface area contributed by atoms with Gasteiger partial charge in [-0.25, -0.2) is 22.5 Å². The molecule has 0 aromatic carbocycles. The Morgan fingerprint density at radius 3 is 2.66 bits per heavy atom. The van der Waals surface area contributed by atoms with Crippen molar-refractivity contribution in [2.45, 2.75) is 43.4 Å². The highest BCUT2D eigenvalue weighted by Gasteiger charge is 2.64. The van der Waals surface area contributed by atoms with Crippen molar-refractivity contribution in [3.8, 4) is 0 Å². The Morgan fingerprint density at radius 1 is 1.28 bits per heavy atom. The second-order valence-electron chi connectivity index (χ2n) is 8.60. The summed E-state index contributed by atoms with van der Waals surface area (Å²) in [6, 6.07) is 3.62. The number of rotatable bonds is 4. The summed E-state index contributed by atoms with van der Waals surface area (Å²) in [6.07, 6.45) is 0.723. The second-order valence-corrected chi connectivity index (χ2v) is 9.53.